The molecule has 0 aliphatic carbocycles. The number of aromatic nitrogens is 1. The van der Waals surface area contributed by atoms with E-state index in [1.54, 1.807) is 0 Å². The summed E-state index contributed by atoms with van der Waals surface area (Å²) in [4.78, 5) is 6.38. The topological polar surface area (TPSA) is 48.4 Å². The van der Waals surface area contributed by atoms with E-state index in [0.29, 0.717) is 13.1 Å². The maximum absolute atomic E-state index is 8.92. The van der Waals surface area contributed by atoms with Gasteiger partial charge < -0.3 is 15.3 Å². The van der Waals surface area contributed by atoms with Crippen molar-refractivity contribution in [1.82, 2.24) is 4.98 Å². The number of pyridine rings is 1. The van der Waals surface area contributed by atoms with E-state index >= 15 is 0 Å². The normalized spacial score (nSPS) is 10.3. The lowest BCUT2D eigenvalue weighted by atomic mass is 10.2. The van der Waals surface area contributed by atoms with Crippen molar-refractivity contribution in [2.45, 2.75) is 13.5 Å². The van der Waals surface area contributed by atoms with Gasteiger partial charge in [0.15, 0.2) is 0 Å². The van der Waals surface area contributed by atoms with Crippen LogP contribution in [0.3, 0.4) is 0 Å². The Hall–Kier alpha value is -2.07. The highest BCUT2D eigenvalue weighted by Crippen LogP contribution is 2.17. The lowest BCUT2D eigenvalue weighted by molar-refractivity contribution is 0.304. The van der Waals surface area contributed by atoms with E-state index in [1.165, 1.54) is 5.56 Å². The second kappa shape index (κ2) is 6.91. The SMILES string of the molecule is Cc1ccc(CNc2ccc(N(C)CCO)cc2)nc1. The summed E-state index contributed by atoms with van der Waals surface area (Å²) in [5, 5.41) is 12.3. The molecule has 0 fully saturated rings. The molecule has 1 aromatic heterocycles. The molecule has 0 saturated heterocycles. The monoisotopic (exact) mass is 271 g/mol. The number of benzene rings is 1. The zero-order valence-electron chi connectivity index (χ0n) is 12.0. The number of rotatable bonds is 6. The number of aliphatic hydroxyl groups is 1. The van der Waals surface area contributed by atoms with Crippen molar-refractivity contribution in [3.05, 3.63) is 53.9 Å². The predicted molar refractivity (Wildman–Crippen MR) is 83.1 cm³/mol. The van der Waals surface area contributed by atoms with Crippen molar-refractivity contribution in [2.75, 3.05) is 30.4 Å². The number of likely N-dealkylation sites (N-methyl/N-ethyl adjacent to an activating group) is 1. The second-order valence-electron chi connectivity index (χ2n) is 4.87. The molecule has 2 aromatic rings. The van der Waals surface area contributed by atoms with E-state index in [9.17, 15) is 0 Å². The van der Waals surface area contributed by atoms with Gasteiger partial charge in [-0.15, -0.1) is 0 Å². The minimum atomic E-state index is 0.162. The van der Waals surface area contributed by atoms with Crippen molar-refractivity contribution in [1.29, 1.82) is 0 Å². The van der Waals surface area contributed by atoms with Gasteiger partial charge in [-0.3, -0.25) is 4.98 Å². The van der Waals surface area contributed by atoms with Crippen LogP contribution in [0.1, 0.15) is 11.3 Å². The van der Waals surface area contributed by atoms with E-state index in [4.69, 9.17) is 5.11 Å². The number of nitrogens with zero attached hydrogens (tertiary/aromatic N) is 2. The van der Waals surface area contributed by atoms with Crippen molar-refractivity contribution in [3.8, 4) is 0 Å². The maximum Gasteiger partial charge on any atom is 0.0606 e. The van der Waals surface area contributed by atoms with E-state index in [-0.39, 0.29) is 6.61 Å². The molecule has 1 aromatic carbocycles. The number of hydrogen-bond acceptors (Lipinski definition) is 4. The molecule has 4 nitrogen and oxygen atoms in total. The largest absolute Gasteiger partial charge is 0.395 e. The molecule has 0 amide bonds. The highest BCUT2D eigenvalue weighted by Gasteiger charge is 2.00. The van der Waals surface area contributed by atoms with Gasteiger partial charge in [0.1, 0.15) is 0 Å². The Kier molecular flexibility index (Phi) is 4.96. The van der Waals surface area contributed by atoms with Gasteiger partial charge in [-0.25, -0.2) is 0 Å². The van der Waals surface area contributed by atoms with E-state index in [0.717, 1.165) is 17.1 Å². The first-order chi connectivity index (χ1) is 9.69. The van der Waals surface area contributed by atoms with Crippen LogP contribution in [0.4, 0.5) is 11.4 Å². The lowest BCUT2D eigenvalue weighted by Crippen LogP contribution is -2.20. The molecule has 0 saturated carbocycles. The standard InChI is InChI=1S/C16H21N3O/c1-13-3-4-15(17-11-13)12-18-14-5-7-16(8-6-14)19(2)9-10-20/h3-8,11,18,20H,9-10,12H2,1-2H3. The van der Waals surface area contributed by atoms with Crippen LogP contribution in [-0.2, 0) is 6.54 Å². The summed E-state index contributed by atoms with van der Waals surface area (Å²) in [7, 11) is 1.97. The van der Waals surface area contributed by atoms with Gasteiger partial charge in [-0.1, -0.05) is 6.07 Å². The van der Waals surface area contributed by atoms with Crippen molar-refractivity contribution >= 4 is 11.4 Å². The van der Waals surface area contributed by atoms with Crippen LogP contribution in [-0.4, -0.2) is 30.3 Å². The van der Waals surface area contributed by atoms with Gasteiger partial charge in [0.05, 0.1) is 18.8 Å². The van der Waals surface area contributed by atoms with E-state index in [1.807, 2.05) is 55.4 Å². The zero-order chi connectivity index (χ0) is 14.4. The Morgan fingerprint density at radius 1 is 1.15 bits per heavy atom. The van der Waals surface area contributed by atoms with Crippen LogP contribution in [0.15, 0.2) is 42.6 Å². The first-order valence-electron chi connectivity index (χ1n) is 6.76. The average molecular weight is 271 g/mol. The quantitative estimate of drug-likeness (QED) is 0.847. The molecule has 20 heavy (non-hydrogen) atoms. The highest BCUT2D eigenvalue weighted by molar-refractivity contribution is 5.54. The molecule has 1 heterocycles. The molecule has 2 N–H and O–H groups in total. The predicted octanol–water partition coefficient (Wildman–Crippen LogP) is 2.43. The highest BCUT2D eigenvalue weighted by atomic mass is 16.3. The molecule has 106 valence electrons. The fraction of sp³-hybridized carbons (Fsp3) is 0.312. The third-order valence-electron chi connectivity index (χ3n) is 3.19. The smallest absolute Gasteiger partial charge is 0.0606 e. The van der Waals surface area contributed by atoms with Gasteiger partial charge in [0.25, 0.3) is 0 Å². The maximum atomic E-state index is 8.92. The molecule has 0 bridgehead atoms. The summed E-state index contributed by atoms with van der Waals surface area (Å²) in [5.74, 6) is 0. The Bertz CT molecular complexity index is 522. The summed E-state index contributed by atoms with van der Waals surface area (Å²) < 4.78 is 0. The van der Waals surface area contributed by atoms with Crippen LogP contribution in [0.5, 0.6) is 0 Å². The zero-order valence-corrected chi connectivity index (χ0v) is 12.0. The van der Waals surface area contributed by atoms with Gasteiger partial charge in [0.2, 0.25) is 0 Å². The summed E-state index contributed by atoms with van der Waals surface area (Å²) in [6, 6.07) is 12.3. The lowest BCUT2D eigenvalue weighted by Gasteiger charge is -2.18. The minimum absolute atomic E-state index is 0.162. The van der Waals surface area contributed by atoms with Crippen molar-refractivity contribution in [3.63, 3.8) is 0 Å². The average Bonchev–Trinajstić information content (AvgIpc) is 2.47. The Morgan fingerprint density at radius 3 is 2.50 bits per heavy atom. The molecule has 0 spiro atoms. The molecule has 0 unspecified atom stereocenters. The van der Waals surface area contributed by atoms with Crippen LogP contribution >= 0.6 is 0 Å². The fourth-order valence-corrected chi connectivity index (χ4v) is 1.91. The Balaban J connectivity index is 1.92. The molecule has 4 heteroatoms. The summed E-state index contributed by atoms with van der Waals surface area (Å²) in [6.45, 7) is 3.55. The number of nitrogens with one attached hydrogen (secondary N) is 1. The number of anilines is 2. The molecular weight excluding hydrogens is 250 g/mol. The van der Waals surface area contributed by atoms with Crippen LogP contribution < -0.4 is 10.2 Å². The van der Waals surface area contributed by atoms with Gasteiger partial charge in [0, 0.05) is 31.2 Å². The molecule has 0 atom stereocenters. The third-order valence-corrected chi connectivity index (χ3v) is 3.19. The molecule has 0 radical (unpaired) electrons. The van der Waals surface area contributed by atoms with Crippen LogP contribution in [0, 0.1) is 6.92 Å². The Labute approximate surface area is 120 Å². The van der Waals surface area contributed by atoms with E-state index in [2.05, 4.69) is 16.4 Å². The molecular formula is C16H21N3O. The first kappa shape index (κ1) is 14.3. The summed E-state index contributed by atoms with van der Waals surface area (Å²) in [5.41, 5.74) is 4.36. The molecule has 0 aliphatic heterocycles. The van der Waals surface area contributed by atoms with Gasteiger partial charge in [-0.05, 0) is 42.8 Å². The minimum Gasteiger partial charge on any atom is -0.395 e. The summed E-state index contributed by atoms with van der Waals surface area (Å²) in [6.07, 6.45) is 1.88. The van der Waals surface area contributed by atoms with Gasteiger partial charge >= 0.3 is 0 Å². The molecule has 2 rings (SSSR count). The van der Waals surface area contributed by atoms with Crippen LogP contribution in [0.2, 0.25) is 0 Å². The first-order valence-corrected chi connectivity index (χ1v) is 6.76. The Morgan fingerprint density at radius 2 is 1.90 bits per heavy atom. The second-order valence-corrected chi connectivity index (χ2v) is 4.87. The van der Waals surface area contributed by atoms with Crippen molar-refractivity contribution in [2.24, 2.45) is 0 Å². The fourth-order valence-electron chi connectivity index (χ4n) is 1.91. The van der Waals surface area contributed by atoms with Crippen LogP contribution in [0.25, 0.3) is 0 Å². The van der Waals surface area contributed by atoms with Gasteiger partial charge in [-0.2, -0.15) is 0 Å². The number of aliphatic hydroxyl groups excluding tert-OH is 1. The number of aryl methyl sites for hydroxylation is 1. The summed E-state index contributed by atoms with van der Waals surface area (Å²) >= 11 is 0. The third kappa shape index (κ3) is 3.96. The molecule has 0 aliphatic rings. The number of hydrogen-bond donors (Lipinski definition) is 2. The van der Waals surface area contributed by atoms with Crippen molar-refractivity contribution < 1.29 is 5.11 Å². The van der Waals surface area contributed by atoms with E-state index < -0.39 is 0 Å².